The van der Waals surface area contributed by atoms with Gasteiger partial charge in [0.25, 0.3) is 0 Å². The van der Waals surface area contributed by atoms with Gasteiger partial charge in [-0.3, -0.25) is 0 Å². The van der Waals surface area contributed by atoms with E-state index in [2.05, 4.69) is 55.5 Å². The highest BCUT2D eigenvalue weighted by Gasteiger charge is 2.44. The van der Waals surface area contributed by atoms with Gasteiger partial charge in [0.05, 0.1) is 5.60 Å². The van der Waals surface area contributed by atoms with Crippen LogP contribution in [-0.4, -0.2) is 10.7 Å². The molecule has 0 atom stereocenters. The minimum Gasteiger partial charge on any atom is -0.385 e. The maximum absolute atomic E-state index is 11.8. The summed E-state index contributed by atoms with van der Waals surface area (Å²) in [6.07, 6.45) is 8.80. The van der Waals surface area contributed by atoms with Crippen LogP contribution in [0.15, 0.2) is 48.5 Å². The van der Waals surface area contributed by atoms with E-state index >= 15 is 0 Å². The van der Waals surface area contributed by atoms with E-state index in [-0.39, 0.29) is 0 Å². The molecule has 1 saturated carbocycles. The Bertz CT molecular complexity index is 954. The Kier molecular flexibility index (Phi) is 4.09. The maximum Gasteiger partial charge on any atom is 0.0908 e. The van der Waals surface area contributed by atoms with Crippen LogP contribution in [-0.2, 0) is 0 Å². The summed E-state index contributed by atoms with van der Waals surface area (Å²) in [5, 5.41) is 11.8. The van der Waals surface area contributed by atoms with Crippen LogP contribution in [0.5, 0.6) is 0 Å². The van der Waals surface area contributed by atoms with Crippen LogP contribution in [0.1, 0.15) is 80.5 Å². The van der Waals surface area contributed by atoms with E-state index < -0.39 is 5.60 Å². The lowest BCUT2D eigenvalue weighted by molar-refractivity contribution is 0.0620. The third-order valence-corrected chi connectivity index (χ3v) is 6.72. The highest BCUT2D eigenvalue weighted by atomic mass is 16.3. The Balaban J connectivity index is 1.81. The third kappa shape index (κ3) is 2.48. The standard InChI is InChI=1S/C26H28O/c1-2-3-11-19-18-12-5-6-13-20(18)24-23(19)21-14-7-8-15-22(21)25(24)26(27)16-9-4-10-17-26/h5-8,12-15,27H,2-4,9-11,16-17H2,1H3. The third-order valence-electron chi connectivity index (χ3n) is 6.72. The largest absolute Gasteiger partial charge is 0.385 e. The van der Waals surface area contributed by atoms with Gasteiger partial charge < -0.3 is 5.11 Å². The second kappa shape index (κ2) is 6.49. The van der Waals surface area contributed by atoms with Crippen LogP contribution in [0.3, 0.4) is 0 Å². The Morgan fingerprint density at radius 1 is 0.778 bits per heavy atom. The van der Waals surface area contributed by atoms with E-state index in [0.717, 1.165) is 32.1 Å². The van der Waals surface area contributed by atoms with Crippen molar-refractivity contribution in [3.8, 4) is 0 Å². The molecule has 1 heteroatoms. The summed E-state index contributed by atoms with van der Waals surface area (Å²) in [4.78, 5) is 0. The number of fused-ring (bicyclic) bond motifs is 5. The molecule has 0 saturated heterocycles. The van der Waals surface area contributed by atoms with Crippen LogP contribution < -0.4 is 0 Å². The van der Waals surface area contributed by atoms with E-state index in [0.29, 0.717) is 0 Å². The lowest BCUT2D eigenvalue weighted by Crippen LogP contribution is -2.32. The second-order valence-electron chi connectivity index (χ2n) is 8.39. The highest BCUT2D eigenvalue weighted by molar-refractivity contribution is 6.32. The summed E-state index contributed by atoms with van der Waals surface area (Å²) in [6, 6.07) is 17.6. The van der Waals surface area contributed by atoms with Crippen molar-refractivity contribution in [1.82, 2.24) is 0 Å². The van der Waals surface area contributed by atoms with E-state index in [4.69, 9.17) is 0 Å². The summed E-state index contributed by atoms with van der Waals surface area (Å²) in [5.41, 5.74) is 10.1. The predicted octanol–water partition coefficient (Wildman–Crippen LogP) is 6.72. The highest BCUT2D eigenvalue weighted by Crippen LogP contribution is 2.60. The zero-order valence-electron chi connectivity index (χ0n) is 16.2. The first-order chi connectivity index (χ1) is 13.2. The summed E-state index contributed by atoms with van der Waals surface area (Å²) in [7, 11) is 0. The van der Waals surface area contributed by atoms with Crippen molar-refractivity contribution >= 4 is 22.3 Å². The van der Waals surface area contributed by atoms with Crippen LogP contribution in [0.2, 0.25) is 0 Å². The van der Waals surface area contributed by atoms with Crippen molar-refractivity contribution in [3.63, 3.8) is 0 Å². The van der Waals surface area contributed by atoms with Crippen molar-refractivity contribution in [2.24, 2.45) is 0 Å². The molecule has 1 nitrogen and oxygen atoms in total. The van der Waals surface area contributed by atoms with Crippen molar-refractivity contribution in [2.75, 3.05) is 0 Å². The molecule has 1 fully saturated rings. The smallest absolute Gasteiger partial charge is 0.0908 e. The van der Waals surface area contributed by atoms with Crippen molar-refractivity contribution < 1.29 is 5.11 Å². The Morgan fingerprint density at radius 3 is 2.04 bits per heavy atom. The molecule has 2 aromatic carbocycles. The van der Waals surface area contributed by atoms with Gasteiger partial charge in [0.2, 0.25) is 0 Å². The summed E-state index contributed by atoms with van der Waals surface area (Å²) in [6.45, 7) is 2.27. The summed E-state index contributed by atoms with van der Waals surface area (Å²) >= 11 is 0. The Morgan fingerprint density at radius 2 is 1.37 bits per heavy atom. The van der Waals surface area contributed by atoms with Crippen molar-refractivity contribution in [3.05, 3.63) is 70.8 Å². The molecule has 0 amide bonds. The Labute approximate surface area is 162 Å². The molecule has 0 bridgehead atoms. The van der Waals surface area contributed by atoms with Crippen LogP contribution in [0.25, 0.3) is 22.3 Å². The number of benzene rings is 2. The van der Waals surface area contributed by atoms with Crippen LogP contribution in [0.4, 0.5) is 0 Å². The van der Waals surface area contributed by atoms with Gasteiger partial charge in [-0.1, -0.05) is 81.1 Å². The van der Waals surface area contributed by atoms with Gasteiger partial charge in [0.15, 0.2) is 0 Å². The van der Waals surface area contributed by atoms with Gasteiger partial charge >= 0.3 is 0 Å². The monoisotopic (exact) mass is 356 g/mol. The van der Waals surface area contributed by atoms with Crippen LogP contribution in [0, 0.1) is 0 Å². The molecule has 0 spiro atoms. The summed E-state index contributed by atoms with van der Waals surface area (Å²) < 4.78 is 0. The molecular formula is C26H28O. The molecule has 0 radical (unpaired) electrons. The molecule has 1 N–H and O–H groups in total. The first-order valence-electron chi connectivity index (χ1n) is 10.6. The van der Waals surface area contributed by atoms with Crippen molar-refractivity contribution in [2.45, 2.75) is 63.9 Å². The molecule has 0 aromatic heterocycles. The fourth-order valence-corrected chi connectivity index (χ4v) is 5.48. The number of unbranched alkanes of at least 4 members (excludes halogenated alkanes) is 1. The molecule has 0 aliphatic heterocycles. The molecule has 27 heavy (non-hydrogen) atoms. The van der Waals surface area contributed by atoms with Gasteiger partial charge in [-0.2, -0.15) is 0 Å². The fraction of sp³-hybridized carbons (Fsp3) is 0.385. The first kappa shape index (κ1) is 17.0. The minimum atomic E-state index is -0.682. The molecule has 3 aliphatic rings. The quantitative estimate of drug-likeness (QED) is 0.644. The number of hydrogen-bond acceptors (Lipinski definition) is 1. The first-order valence-corrected chi connectivity index (χ1v) is 10.6. The summed E-state index contributed by atoms with van der Waals surface area (Å²) in [5.74, 6) is 0. The lowest BCUT2D eigenvalue weighted by Gasteiger charge is -2.35. The number of allylic oxidation sites excluding steroid dienone is 3. The molecule has 0 unspecified atom stereocenters. The van der Waals surface area contributed by atoms with Gasteiger partial charge in [-0.05, 0) is 70.2 Å². The molecule has 138 valence electrons. The van der Waals surface area contributed by atoms with Crippen LogP contribution >= 0.6 is 0 Å². The lowest BCUT2D eigenvalue weighted by atomic mass is 9.76. The average molecular weight is 357 g/mol. The average Bonchev–Trinajstić information content (AvgIpc) is 3.20. The molecule has 3 aliphatic carbocycles. The van der Waals surface area contributed by atoms with E-state index in [1.807, 2.05) is 0 Å². The van der Waals surface area contributed by atoms with Gasteiger partial charge in [-0.15, -0.1) is 0 Å². The SMILES string of the molecule is CCCCC1=C2C(=C(C3(O)CCCCC3)c3ccccc32)c2ccccc21. The second-order valence-corrected chi connectivity index (χ2v) is 8.39. The van der Waals surface area contributed by atoms with E-state index in [9.17, 15) is 5.11 Å². The number of aliphatic hydroxyl groups is 1. The van der Waals surface area contributed by atoms with E-state index in [1.54, 1.807) is 0 Å². The topological polar surface area (TPSA) is 20.2 Å². The van der Waals surface area contributed by atoms with Gasteiger partial charge in [0.1, 0.15) is 0 Å². The zero-order valence-corrected chi connectivity index (χ0v) is 16.2. The van der Waals surface area contributed by atoms with E-state index in [1.165, 1.54) is 63.8 Å². The van der Waals surface area contributed by atoms with Crippen molar-refractivity contribution in [1.29, 1.82) is 0 Å². The predicted molar refractivity (Wildman–Crippen MR) is 114 cm³/mol. The van der Waals surface area contributed by atoms with Gasteiger partial charge in [0, 0.05) is 0 Å². The van der Waals surface area contributed by atoms with Gasteiger partial charge in [-0.25, -0.2) is 0 Å². The normalized spacial score (nSPS) is 19.9. The Hall–Kier alpha value is -2.12. The molecule has 2 aromatic rings. The molecular weight excluding hydrogens is 328 g/mol. The number of hydrogen-bond donors (Lipinski definition) is 1. The maximum atomic E-state index is 11.8. The molecule has 0 heterocycles. The minimum absolute atomic E-state index is 0.682. The molecule has 5 rings (SSSR count). The zero-order chi connectivity index (χ0) is 18.4. The number of rotatable bonds is 4. The fourth-order valence-electron chi connectivity index (χ4n) is 5.48.